The molecular formula is C29H41IN4O4S. The van der Waals surface area contributed by atoms with Crippen LogP contribution in [-0.2, 0) is 20.9 Å². The second kappa shape index (κ2) is 14.5. The largest absolute Gasteiger partial charge is 0.391 e. The number of thiazole rings is 1. The van der Waals surface area contributed by atoms with Gasteiger partial charge in [0.15, 0.2) is 0 Å². The molecule has 0 aliphatic carbocycles. The van der Waals surface area contributed by atoms with E-state index >= 15 is 0 Å². The molecule has 3 N–H and O–H groups in total. The predicted octanol–water partition coefficient (Wildman–Crippen LogP) is 4.61. The quantitative estimate of drug-likeness (QED) is 0.174. The molecule has 1 saturated heterocycles. The summed E-state index contributed by atoms with van der Waals surface area (Å²) in [5.41, 5.74) is 4.27. The standard InChI is InChI=1S/C29H41IN4O4S/c1-19-25(39-18-32-19)21-12-10-20(11-13-21)16-31-27(37)23-15-22(35)17-34(23)28(38)26(29(2,3)4)33-24(36)9-7-5-6-8-14-30/h10-13,18,22-23,26,35H,5-9,14-17H2,1-4H3,(H,31,37)(H,33,36)/t22-,23+,26-/m1/s1. The first-order valence-electron chi connectivity index (χ1n) is 13.6. The Hall–Kier alpha value is -2.05. The third-order valence-electron chi connectivity index (χ3n) is 7.00. The molecule has 3 rings (SSSR count). The summed E-state index contributed by atoms with van der Waals surface area (Å²) in [4.78, 5) is 46.4. The zero-order chi connectivity index (χ0) is 28.6. The van der Waals surface area contributed by atoms with Gasteiger partial charge in [-0.1, -0.05) is 80.5 Å². The number of aromatic nitrogens is 1. The molecule has 1 aromatic carbocycles. The lowest BCUT2D eigenvalue weighted by atomic mass is 9.85. The molecule has 39 heavy (non-hydrogen) atoms. The van der Waals surface area contributed by atoms with Crippen molar-refractivity contribution in [2.24, 2.45) is 5.41 Å². The van der Waals surface area contributed by atoms with Crippen molar-refractivity contribution in [1.82, 2.24) is 20.5 Å². The Kier molecular flexibility index (Phi) is 11.7. The van der Waals surface area contributed by atoms with Crippen LogP contribution in [0.25, 0.3) is 10.4 Å². The Labute approximate surface area is 249 Å². The van der Waals surface area contributed by atoms with E-state index in [4.69, 9.17) is 0 Å². The van der Waals surface area contributed by atoms with E-state index in [0.717, 1.165) is 51.8 Å². The van der Waals surface area contributed by atoms with E-state index in [2.05, 4.69) is 38.2 Å². The Balaban J connectivity index is 1.61. The van der Waals surface area contributed by atoms with Crippen LogP contribution >= 0.6 is 33.9 Å². The number of hydrogen-bond donors (Lipinski definition) is 3. The van der Waals surface area contributed by atoms with Crippen LogP contribution in [-0.4, -0.2) is 61.9 Å². The van der Waals surface area contributed by atoms with Crippen LogP contribution in [0.4, 0.5) is 0 Å². The summed E-state index contributed by atoms with van der Waals surface area (Å²) >= 11 is 3.94. The first-order chi connectivity index (χ1) is 18.5. The van der Waals surface area contributed by atoms with Gasteiger partial charge in [0.25, 0.3) is 0 Å². The summed E-state index contributed by atoms with van der Waals surface area (Å²) in [5.74, 6) is -0.797. The third kappa shape index (κ3) is 8.97. The molecule has 2 aromatic rings. The van der Waals surface area contributed by atoms with Gasteiger partial charge < -0.3 is 20.6 Å². The number of likely N-dealkylation sites (tertiary alicyclic amines) is 1. The summed E-state index contributed by atoms with van der Waals surface area (Å²) in [7, 11) is 0. The van der Waals surface area contributed by atoms with Crippen molar-refractivity contribution in [3.8, 4) is 10.4 Å². The van der Waals surface area contributed by atoms with E-state index in [1.165, 1.54) is 4.90 Å². The highest BCUT2D eigenvalue weighted by Gasteiger charge is 2.44. The van der Waals surface area contributed by atoms with Crippen LogP contribution in [0.2, 0.25) is 0 Å². The molecule has 10 heteroatoms. The zero-order valence-electron chi connectivity index (χ0n) is 23.3. The maximum atomic E-state index is 13.7. The Bertz CT molecular complexity index is 1120. The van der Waals surface area contributed by atoms with Gasteiger partial charge in [-0.25, -0.2) is 4.98 Å². The molecule has 1 aliphatic rings. The summed E-state index contributed by atoms with van der Waals surface area (Å²) in [6, 6.07) is 6.38. The molecule has 1 fully saturated rings. The molecule has 3 atom stereocenters. The average molecular weight is 669 g/mol. The van der Waals surface area contributed by atoms with Crippen LogP contribution in [0, 0.1) is 12.3 Å². The summed E-state index contributed by atoms with van der Waals surface area (Å²) in [6.07, 6.45) is 3.75. The fourth-order valence-electron chi connectivity index (χ4n) is 4.75. The van der Waals surface area contributed by atoms with E-state index in [-0.39, 0.29) is 30.7 Å². The second-order valence-electron chi connectivity index (χ2n) is 11.3. The maximum absolute atomic E-state index is 13.7. The highest BCUT2D eigenvalue weighted by molar-refractivity contribution is 14.1. The van der Waals surface area contributed by atoms with E-state index in [1.54, 1.807) is 11.3 Å². The highest BCUT2D eigenvalue weighted by atomic mass is 127. The topological polar surface area (TPSA) is 112 Å². The number of rotatable bonds is 12. The molecule has 2 heterocycles. The number of unbranched alkanes of at least 4 members (excludes halogenated alkanes) is 3. The van der Waals surface area contributed by atoms with Gasteiger partial charge in [0, 0.05) is 25.9 Å². The van der Waals surface area contributed by atoms with Crippen LogP contribution in [0.3, 0.4) is 0 Å². The monoisotopic (exact) mass is 668 g/mol. The third-order valence-corrected chi connectivity index (χ3v) is 8.74. The number of aliphatic hydroxyl groups excluding tert-OH is 1. The number of β-amino-alcohol motifs (C(OH)–C–C–N with tert-alkyl or cyclic N) is 1. The lowest BCUT2D eigenvalue weighted by Crippen LogP contribution is -2.57. The molecule has 0 saturated carbocycles. The minimum atomic E-state index is -0.791. The molecular weight excluding hydrogens is 627 g/mol. The Morgan fingerprint density at radius 2 is 1.85 bits per heavy atom. The van der Waals surface area contributed by atoms with Crippen LogP contribution < -0.4 is 10.6 Å². The second-order valence-corrected chi connectivity index (χ2v) is 13.2. The van der Waals surface area contributed by atoms with Gasteiger partial charge in [0.05, 0.1) is 22.2 Å². The predicted molar refractivity (Wildman–Crippen MR) is 164 cm³/mol. The number of aryl methyl sites for hydroxylation is 1. The van der Waals surface area contributed by atoms with Gasteiger partial charge in [-0.2, -0.15) is 0 Å². The highest BCUT2D eigenvalue weighted by Crippen LogP contribution is 2.28. The van der Waals surface area contributed by atoms with Crippen LogP contribution in [0.1, 0.15) is 70.6 Å². The normalized spacial score (nSPS) is 18.2. The number of nitrogens with zero attached hydrogens (tertiary/aromatic N) is 2. The fraction of sp³-hybridized carbons (Fsp3) is 0.586. The molecule has 3 amide bonds. The molecule has 0 spiro atoms. The summed E-state index contributed by atoms with van der Waals surface area (Å²) in [6.45, 7) is 8.05. The van der Waals surface area contributed by atoms with E-state index in [0.29, 0.717) is 13.0 Å². The van der Waals surface area contributed by atoms with Gasteiger partial charge in [-0.15, -0.1) is 11.3 Å². The van der Waals surface area contributed by atoms with Crippen molar-refractivity contribution >= 4 is 51.6 Å². The molecule has 8 nitrogen and oxygen atoms in total. The van der Waals surface area contributed by atoms with Crippen molar-refractivity contribution in [3.63, 3.8) is 0 Å². The van der Waals surface area contributed by atoms with Gasteiger partial charge >= 0.3 is 0 Å². The summed E-state index contributed by atoms with van der Waals surface area (Å²) < 4.78 is 1.11. The van der Waals surface area contributed by atoms with Crippen LogP contribution in [0.15, 0.2) is 29.8 Å². The first kappa shape index (κ1) is 31.5. The average Bonchev–Trinajstić information content (AvgIpc) is 3.50. The minimum Gasteiger partial charge on any atom is -0.391 e. The SMILES string of the molecule is Cc1ncsc1-c1ccc(CNC(=O)[C@@H]2C[C@@H](O)CN2C(=O)[C@@H](NC(=O)CCCCCCI)C(C)(C)C)cc1. The van der Waals surface area contributed by atoms with Gasteiger partial charge in [-0.05, 0) is 40.7 Å². The molecule has 0 bridgehead atoms. The number of amides is 3. The molecule has 0 unspecified atom stereocenters. The number of benzene rings is 1. The first-order valence-corrected chi connectivity index (χ1v) is 16.0. The zero-order valence-corrected chi connectivity index (χ0v) is 26.3. The van der Waals surface area contributed by atoms with Crippen molar-refractivity contribution in [1.29, 1.82) is 0 Å². The lowest BCUT2D eigenvalue weighted by Gasteiger charge is -2.35. The molecule has 1 aromatic heterocycles. The van der Waals surface area contributed by atoms with E-state index in [1.807, 2.05) is 57.5 Å². The van der Waals surface area contributed by atoms with Crippen molar-refractivity contribution in [2.45, 2.75) is 91.0 Å². The molecule has 214 valence electrons. The maximum Gasteiger partial charge on any atom is 0.246 e. The number of carbonyl (C=O) groups is 3. The Morgan fingerprint density at radius 3 is 2.46 bits per heavy atom. The van der Waals surface area contributed by atoms with E-state index < -0.39 is 23.6 Å². The van der Waals surface area contributed by atoms with Crippen molar-refractivity contribution in [3.05, 3.63) is 41.0 Å². The number of hydrogen-bond acceptors (Lipinski definition) is 6. The minimum absolute atomic E-state index is 0.0680. The molecule has 1 aliphatic heterocycles. The van der Waals surface area contributed by atoms with Gasteiger partial charge in [-0.3, -0.25) is 14.4 Å². The molecule has 0 radical (unpaired) electrons. The van der Waals surface area contributed by atoms with E-state index in [9.17, 15) is 19.5 Å². The number of alkyl halides is 1. The number of halogens is 1. The number of aliphatic hydroxyl groups is 1. The van der Waals surface area contributed by atoms with Crippen molar-refractivity contribution in [2.75, 3.05) is 11.0 Å². The Morgan fingerprint density at radius 1 is 1.15 bits per heavy atom. The fourth-order valence-corrected chi connectivity index (χ4v) is 6.10. The number of nitrogens with one attached hydrogen (secondary N) is 2. The van der Waals surface area contributed by atoms with Crippen molar-refractivity contribution < 1.29 is 19.5 Å². The lowest BCUT2D eigenvalue weighted by molar-refractivity contribution is -0.144. The summed E-state index contributed by atoms with van der Waals surface area (Å²) in [5, 5.41) is 16.2. The smallest absolute Gasteiger partial charge is 0.246 e. The van der Waals surface area contributed by atoms with Gasteiger partial charge in [0.2, 0.25) is 17.7 Å². The van der Waals surface area contributed by atoms with Crippen LogP contribution in [0.5, 0.6) is 0 Å². The number of carbonyl (C=O) groups excluding carboxylic acids is 3. The van der Waals surface area contributed by atoms with Gasteiger partial charge in [0.1, 0.15) is 12.1 Å².